The number of halogens is 3. The lowest BCUT2D eigenvalue weighted by Crippen LogP contribution is -2.38. The van der Waals surface area contributed by atoms with E-state index >= 15 is 0 Å². The molecule has 0 aromatic heterocycles. The molecule has 27 heavy (non-hydrogen) atoms. The lowest BCUT2D eigenvalue weighted by Gasteiger charge is -2.22. The van der Waals surface area contributed by atoms with Crippen molar-refractivity contribution in [3.8, 4) is 0 Å². The molecule has 0 bridgehead atoms. The van der Waals surface area contributed by atoms with Crippen LogP contribution in [-0.2, 0) is 9.59 Å². The molecule has 0 heterocycles. The van der Waals surface area contributed by atoms with Crippen LogP contribution in [-0.4, -0.2) is 18.4 Å². The number of hydrogen-bond donors (Lipinski definition) is 2. The van der Waals surface area contributed by atoms with Crippen LogP contribution in [0.3, 0.4) is 0 Å². The maximum Gasteiger partial charge on any atom is 0.243 e. The molecule has 0 unspecified atom stereocenters. The van der Waals surface area contributed by atoms with E-state index in [2.05, 4.69) is 10.6 Å². The monoisotopic (exact) mass is 378 g/mol. The Hall–Kier alpha value is -2.83. The second-order valence-corrected chi connectivity index (χ2v) is 6.26. The predicted molar refractivity (Wildman–Crippen MR) is 96.6 cm³/mol. The van der Waals surface area contributed by atoms with Gasteiger partial charge in [0.1, 0.15) is 0 Å². The lowest BCUT2D eigenvalue weighted by atomic mass is 9.85. The first-order chi connectivity index (χ1) is 12.8. The van der Waals surface area contributed by atoms with Crippen molar-refractivity contribution in [2.75, 3.05) is 11.9 Å². The van der Waals surface area contributed by atoms with E-state index in [-0.39, 0.29) is 11.8 Å². The third-order valence-electron chi connectivity index (χ3n) is 4.39. The topological polar surface area (TPSA) is 58.2 Å². The van der Waals surface area contributed by atoms with Gasteiger partial charge in [0.2, 0.25) is 11.8 Å². The second kappa shape index (κ2) is 9.21. The van der Waals surface area contributed by atoms with Gasteiger partial charge in [-0.05, 0) is 23.6 Å². The largest absolute Gasteiger partial charge is 0.346 e. The molecule has 2 atom stereocenters. The van der Waals surface area contributed by atoms with E-state index in [0.29, 0.717) is 6.07 Å². The maximum absolute atomic E-state index is 13.6. The molecule has 0 fully saturated rings. The number of anilines is 1. The fraction of sp³-hybridized carbons (Fsp3) is 0.300. The van der Waals surface area contributed by atoms with Crippen molar-refractivity contribution in [3.05, 3.63) is 65.5 Å². The molecule has 0 saturated carbocycles. The summed E-state index contributed by atoms with van der Waals surface area (Å²) >= 11 is 0. The zero-order valence-electron chi connectivity index (χ0n) is 15.1. The highest BCUT2D eigenvalue weighted by atomic mass is 19.2. The Morgan fingerprint density at radius 3 is 2.30 bits per heavy atom. The molecule has 0 radical (unpaired) electrons. The fourth-order valence-corrected chi connectivity index (χ4v) is 2.73. The van der Waals surface area contributed by atoms with Gasteiger partial charge >= 0.3 is 0 Å². The molecular weight excluding hydrogens is 357 g/mol. The molecule has 144 valence electrons. The Bertz CT molecular complexity index is 812. The van der Waals surface area contributed by atoms with E-state index in [1.807, 2.05) is 44.2 Å². The minimum atomic E-state index is -1.67. The third kappa shape index (κ3) is 5.09. The number of amides is 2. The van der Waals surface area contributed by atoms with Crippen LogP contribution in [0.4, 0.5) is 18.9 Å². The van der Waals surface area contributed by atoms with Crippen LogP contribution in [0.25, 0.3) is 0 Å². The molecular formula is C20H21F3N2O2. The highest BCUT2D eigenvalue weighted by Crippen LogP contribution is 2.27. The SMILES string of the molecule is CC[C@@H](C)[C@H](C(=O)NCC(=O)Nc1ccc(F)c(F)c1F)c1ccccc1. The Labute approximate surface area is 155 Å². The summed E-state index contributed by atoms with van der Waals surface area (Å²) in [5, 5.41) is 4.64. The predicted octanol–water partition coefficient (Wildman–Crippen LogP) is 3.99. The van der Waals surface area contributed by atoms with E-state index < -0.39 is 41.5 Å². The quantitative estimate of drug-likeness (QED) is 0.716. The van der Waals surface area contributed by atoms with Crippen LogP contribution < -0.4 is 10.6 Å². The summed E-state index contributed by atoms with van der Waals surface area (Å²) in [5.41, 5.74) is 0.339. The summed E-state index contributed by atoms with van der Waals surface area (Å²) in [7, 11) is 0. The first kappa shape index (κ1) is 20.5. The lowest BCUT2D eigenvalue weighted by molar-refractivity contribution is -0.126. The Balaban J connectivity index is 2.02. The maximum atomic E-state index is 13.6. The van der Waals surface area contributed by atoms with Gasteiger partial charge in [-0.25, -0.2) is 13.2 Å². The van der Waals surface area contributed by atoms with Crippen molar-refractivity contribution in [1.82, 2.24) is 5.32 Å². The van der Waals surface area contributed by atoms with Gasteiger partial charge in [0.25, 0.3) is 0 Å². The number of carbonyl (C=O) groups excluding carboxylic acids is 2. The average Bonchev–Trinajstić information content (AvgIpc) is 2.67. The van der Waals surface area contributed by atoms with Crippen LogP contribution in [0.2, 0.25) is 0 Å². The molecule has 0 aliphatic rings. The van der Waals surface area contributed by atoms with Crippen molar-refractivity contribution in [1.29, 1.82) is 0 Å². The molecule has 0 aliphatic carbocycles. The van der Waals surface area contributed by atoms with Gasteiger partial charge < -0.3 is 10.6 Å². The molecule has 7 heteroatoms. The normalized spacial score (nSPS) is 12.9. The van der Waals surface area contributed by atoms with Crippen LogP contribution in [0.5, 0.6) is 0 Å². The summed E-state index contributed by atoms with van der Waals surface area (Å²) < 4.78 is 39.7. The van der Waals surface area contributed by atoms with Crippen LogP contribution in [0.1, 0.15) is 31.7 Å². The van der Waals surface area contributed by atoms with E-state index in [9.17, 15) is 22.8 Å². The zero-order valence-corrected chi connectivity index (χ0v) is 15.1. The van der Waals surface area contributed by atoms with Crippen LogP contribution >= 0.6 is 0 Å². The minimum absolute atomic E-state index is 0.0408. The average molecular weight is 378 g/mol. The van der Waals surface area contributed by atoms with Gasteiger partial charge in [-0.2, -0.15) is 0 Å². The van der Waals surface area contributed by atoms with E-state index in [0.717, 1.165) is 18.1 Å². The van der Waals surface area contributed by atoms with Crippen LogP contribution in [0, 0.1) is 23.4 Å². The Morgan fingerprint density at radius 2 is 1.67 bits per heavy atom. The smallest absolute Gasteiger partial charge is 0.243 e. The zero-order chi connectivity index (χ0) is 20.0. The molecule has 0 aliphatic heterocycles. The van der Waals surface area contributed by atoms with Gasteiger partial charge in [0.15, 0.2) is 17.5 Å². The van der Waals surface area contributed by atoms with Gasteiger partial charge in [0, 0.05) is 0 Å². The highest BCUT2D eigenvalue weighted by Gasteiger charge is 2.26. The van der Waals surface area contributed by atoms with E-state index in [1.165, 1.54) is 0 Å². The number of benzene rings is 2. The van der Waals surface area contributed by atoms with Gasteiger partial charge in [-0.3, -0.25) is 9.59 Å². The minimum Gasteiger partial charge on any atom is -0.346 e. The number of rotatable bonds is 7. The Kier molecular flexibility index (Phi) is 6.98. The van der Waals surface area contributed by atoms with Crippen molar-refractivity contribution >= 4 is 17.5 Å². The summed E-state index contributed by atoms with van der Waals surface area (Å²) in [6.45, 7) is 3.48. The molecule has 0 saturated heterocycles. The molecule has 2 N–H and O–H groups in total. The van der Waals surface area contributed by atoms with E-state index in [4.69, 9.17) is 0 Å². The summed E-state index contributed by atoms with van der Waals surface area (Å²) in [6.07, 6.45) is 0.763. The third-order valence-corrected chi connectivity index (χ3v) is 4.39. The van der Waals surface area contributed by atoms with Gasteiger partial charge in [-0.1, -0.05) is 50.6 Å². The standard InChI is InChI=1S/C20H21F3N2O2/c1-3-12(2)17(13-7-5-4-6-8-13)20(27)24-11-16(26)25-15-10-9-14(21)18(22)19(15)23/h4-10,12,17H,3,11H2,1-2H3,(H,24,27)(H,25,26)/t12-,17+/m1/s1. The van der Waals surface area contributed by atoms with Crippen molar-refractivity contribution < 1.29 is 22.8 Å². The number of carbonyl (C=O) groups is 2. The molecule has 2 amide bonds. The number of nitrogens with one attached hydrogen (secondary N) is 2. The van der Waals surface area contributed by atoms with Crippen molar-refractivity contribution in [2.24, 2.45) is 5.92 Å². The summed E-state index contributed by atoms with van der Waals surface area (Å²) in [5.74, 6) is -5.99. The first-order valence-electron chi connectivity index (χ1n) is 8.61. The first-order valence-corrected chi connectivity index (χ1v) is 8.61. The van der Waals surface area contributed by atoms with Gasteiger partial charge in [-0.15, -0.1) is 0 Å². The summed E-state index contributed by atoms with van der Waals surface area (Å²) in [4.78, 5) is 24.5. The summed E-state index contributed by atoms with van der Waals surface area (Å²) in [6, 6.07) is 10.8. The molecule has 2 rings (SSSR count). The Morgan fingerprint density at radius 1 is 1.00 bits per heavy atom. The van der Waals surface area contributed by atoms with E-state index in [1.54, 1.807) is 0 Å². The molecule has 0 spiro atoms. The van der Waals surface area contributed by atoms with Crippen molar-refractivity contribution in [2.45, 2.75) is 26.2 Å². The fourth-order valence-electron chi connectivity index (χ4n) is 2.73. The van der Waals surface area contributed by atoms with Crippen LogP contribution in [0.15, 0.2) is 42.5 Å². The highest BCUT2D eigenvalue weighted by molar-refractivity contribution is 5.95. The number of hydrogen-bond acceptors (Lipinski definition) is 2. The molecule has 2 aromatic rings. The van der Waals surface area contributed by atoms with Crippen molar-refractivity contribution in [3.63, 3.8) is 0 Å². The van der Waals surface area contributed by atoms with Gasteiger partial charge in [0.05, 0.1) is 18.2 Å². The second-order valence-electron chi connectivity index (χ2n) is 6.26. The molecule has 4 nitrogen and oxygen atoms in total. The molecule has 2 aromatic carbocycles.